The summed E-state index contributed by atoms with van der Waals surface area (Å²) in [6.45, 7) is 0. The van der Waals surface area contributed by atoms with Gasteiger partial charge >= 0.3 is 0 Å². The maximum atomic E-state index is 11.6. The van der Waals surface area contributed by atoms with Crippen molar-refractivity contribution in [1.29, 1.82) is 0 Å². The third kappa shape index (κ3) is 2.73. The molecule has 1 atom stereocenters. The van der Waals surface area contributed by atoms with Crippen molar-refractivity contribution in [2.45, 2.75) is 5.38 Å². The molecular formula is C15H12ClN3O2. The largest absolute Gasteiger partial charge is 0.419 e. The highest BCUT2D eigenvalue weighted by molar-refractivity contribution is 6.22. The molecule has 21 heavy (non-hydrogen) atoms. The second kappa shape index (κ2) is 5.54. The van der Waals surface area contributed by atoms with Crippen LogP contribution in [0.4, 0.5) is 0 Å². The SMILES string of the molecule is Cn1ccc(-c2nnc(C(Cl)c3ccccc3)o2)cc1=O. The molecule has 0 saturated carbocycles. The summed E-state index contributed by atoms with van der Waals surface area (Å²) in [5.74, 6) is 0.586. The molecule has 3 rings (SSSR count). The van der Waals surface area contributed by atoms with E-state index in [1.54, 1.807) is 19.3 Å². The van der Waals surface area contributed by atoms with Gasteiger partial charge in [-0.25, -0.2) is 0 Å². The molecule has 0 aliphatic rings. The maximum Gasteiger partial charge on any atom is 0.251 e. The maximum absolute atomic E-state index is 11.6. The van der Waals surface area contributed by atoms with E-state index in [9.17, 15) is 4.79 Å². The van der Waals surface area contributed by atoms with E-state index in [4.69, 9.17) is 16.0 Å². The van der Waals surface area contributed by atoms with Gasteiger partial charge in [0.05, 0.1) is 0 Å². The second-order valence-electron chi connectivity index (χ2n) is 4.58. The molecule has 0 bridgehead atoms. The van der Waals surface area contributed by atoms with Crippen molar-refractivity contribution in [3.8, 4) is 11.5 Å². The number of benzene rings is 1. The smallest absolute Gasteiger partial charge is 0.251 e. The van der Waals surface area contributed by atoms with Crippen LogP contribution in [0.25, 0.3) is 11.5 Å². The number of hydrogen-bond donors (Lipinski definition) is 0. The number of halogens is 1. The minimum atomic E-state index is -0.515. The van der Waals surface area contributed by atoms with E-state index >= 15 is 0 Å². The number of nitrogens with zero attached hydrogens (tertiary/aromatic N) is 3. The van der Waals surface area contributed by atoms with E-state index in [1.165, 1.54) is 10.6 Å². The van der Waals surface area contributed by atoms with Crippen LogP contribution in [0.3, 0.4) is 0 Å². The Kier molecular flexibility index (Phi) is 3.58. The highest BCUT2D eigenvalue weighted by atomic mass is 35.5. The van der Waals surface area contributed by atoms with Crippen molar-refractivity contribution in [2.75, 3.05) is 0 Å². The summed E-state index contributed by atoms with van der Waals surface area (Å²) in [4.78, 5) is 11.6. The topological polar surface area (TPSA) is 60.9 Å². The summed E-state index contributed by atoms with van der Waals surface area (Å²) in [7, 11) is 1.68. The molecule has 1 aromatic carbocycles. The Labute approximate surface area is 125 Å². The summed E-state index contributed by atoms with van der Waals surface area (Å²) in [5.41, 5.74) is 1.31. The van der Waals surface area contributed by atoms with Crippen molar-refractivity contribution in [3.63, 3.8) is 0 Å². The van der Waals surface area contributed by atoms with Crippen LogP contribution in [0, 0.1) is 0 Å². The summed E-state index contributed by atoms with van der Waals surface area (Å²) < 4.78 is 7.05. The van der Waals surface area contributed by atoms with Gasteiger partial charge in [-0.3, -0.25) is 4.79 Å². The fourth-order valence-corrected chi connectivity index (χ4v) is 2.13. The van der Waals surface area contributed by atoms with Gasteiger partial charge < -0.3 is 8.98 Å². The van der Waals surface area contributed by atoms with Crippen LogP contribution >= 0.6 is 11.6 Å². The van der Waals surface area contributed by atoms with Crippen LogP contribution in [-0.4, -0.2) is 14.8 Å². The average molecular weight is 302 g/mol. The van der Waals surface area contributed by atoms with E-state index in [1.807, 2.05) is 30.3 Å². The van der Waals surface area contributed by atoms with Crippen molar-refractivity contribution < 1.29 is 4.42 Å². The van der Waals surface area contributed by atoms with Crippen LogP contribution in [0.15, 0.2) is 57.9 Å². The predicted octanol–water partition coefficient (Wildman–Crippen LogP) is 2.76. The zero-order valence-electron chi connectivity index (χ0n) is 11.2. The lowest BCUT2D eigenvalue weighted by atomic mass is 10.1. The highest BCUT2D eigenvalue weighted by Crippen LogP contribution is 2.29. The van der Waals surface area contributed by atoms with E-state index in [0.29, 0.717) is 11.5 Å². The van der Waals surface area contributed by atoms with Gasteiger partial charge in [0.25, 0.3) is 5.56 Å². The van der Waals surface area contributed by atoms with E-state index < -0.39 is 5.38 Å². The number of aryl methyl sites for hydroxylation is 1. The molecule has 2 heterocycles. The summed E-state index contributed by atoms with van der Waals surface area (Å²) in [6, 6.07) is 12.7. The van der Waals surface area contributed by atoms with Crippen molar-refractivity contribution in [3.05, 3.63) is 70.5 Å². The van der Waals surface area contributed by atoms with Crippen molar-refractivity contribution in [2.24, 2.45) is 7.05 Å². The Hall–Kier alpha value is -2.40. The number of rotatable bonds is 3. The average Bonchev–Trinajstić information content (AvgIpc) is 3.00. The molecule has 0 aliphatic heterocycles. The van der Waals surface area contributed by atoms with Crippen LogP contribution in [0.2, 0.25) is 0 Å². The molecule has 6 heteroatoms. The molecule has 2 aromatic heterocycles. The first-order valence-electron chi connectivity index (χ1n) is 6.34. The van der Waals surface area contributed by atoms with E-state index in [2.05, 4.69) is 10.2 Å². The number of alkyl halides is 1. The molecule has 1 unspecified atom stereocenters. The zero-order valence-corrected chi connectivity index (χ0v) is 12.0. The minimum Gasteiger partial charge on any atom is -0.419 e. The molecule has 0 fully saturated rings. The molecule has 0 amide bonds. The molecule has 5 nitrogen and oxygen atoms in total. The zero-order chi connectivity index (χ0) is 14.8. The first-order chi connectivity index (χ1) is 10.1. The lowest BCUT2D eigenvalue weighted by Gasteiger charge is -2.03. The number of pyridine rings is 1. The number of aromatic nitrogens is 3. The van der Waals surface area contributed by atoms with Gasteiger partial charge in [0.15, 0.2) is 0 Å². The monoisotopic (exact) mass is 301 g/mol. The molecule has 0 radical (unpaired) electrons. The van der Waals surface area contributed by atoms with Gasteiger partial charge in [-0.05, 0) is 11.6 Å². The molecule has 0 spiro atoms. The number of hydrogen-bond acceptors (Lipinski definition) is 4. The lowest BCUT2D eigenvalue weighted by Crippen LogP contribution is -2.14. The van der Waals surface area contributed by atoms with Crippen LogP contribution in [-0.2, 0) is 7.05 Å². The third-order valence-corrected chi connectivity index (χ3v) is 3.54. The quantitative estimate of drug-likeness (QED) is 0.698. The van der Waals surface area contributed by atoms with Crippen LogP contribution in [0.1, 0.15) is 16.8 Å². The fourth-order valence-electron chi connectivity index (χ4n) is 1.90. The highest BCUT2D eigenvalue weighted by Gasteiger charge is 2.18. The molecule has 0 saturated heterocycles. The molecule has 106 valence electrons. The van der Waals surface area contributed by atoms with Crippen molar-refractivity contribution in [1.82, 2.24) is 14.8 Å². The van der Waals surface area contributed by atoms with Gasteiger partial charge in [0, 0.05) is 24.9 Å². The predicted molar refractivity (Wildman–Crippen MR) is 79.1 cm³/mol. The van der Waals surface area contributed by atoms with Crippen molar-refractivity contribution >= 4 is 11.6 Å². The van der Waals surface area contributed by atoms with Gasteiger partial charge in [-0.1, -0.05) is 30.3 Å². The molecule has 0 aliphatic carbocycles. The van der Waals surface area contributed by atoms with Gasteiger partial charge in [0.2, 0.25) is 11.8 Å². The Morgan fingerprint density at radius 1 is 1.19 bits per heavy atom. The minimum absolute atomic E-state index is 0.141. The Morgan fingerprint density at radius 2 is 1.95 bits per heavy atom. The van der Waals surface area contributed by atoms with Gasteiger partial charge in [-0.2, -0.15) is 0 Å². The van der Waals surface area contributed by atoms with Crippen LogP contribution in [0.5, 0.6) is 0 Å². The van der Waals surface area contributed by atoms with Gasteiger partial charge in [-0.15, -0.1) is 21.8 Å². The molecule has 3 aromatic rings. The molecular weight excluding hydrogens is 290 g/mol. The van der Waals surface area contributed by atoms with E-state index in [0.717, 1.165) is 5.56 Å². The first-order valence-corrected chi connectivity index (χ1v) is 6.78. The second-order valence-corrected chi connectivity index (χ2v) is 5.02. The first kappa shape index (κ1) is 13.6. The van der Waals surface area contributed by atoms with E-state index in [-0.39, 0.29) is 11.4 Å². The fraction of sp³-hybridized carbons (Fsp3) is 0.133. The summed E-state index contributed by atoms with van der Waals surface area (Å²) in [6.07, 6.45) is 1.65. The lowest BCUT2D eigenvalue weighted by molar-refractivity contribution is 0.513. The molecule has 0 N–H and O–H groups in total. The summed E-state index contributed by atoms with van der Waals surface area (Å²) >= 11 is 6.33. The Bertz CT molecular complexity index is 811. The van der Waals surface area contributed by atoms with Gasteiger partial charge in [0.1, 0.15) is 5.38 Å². The Balaban J connectivity index is 1.93. The third-order valence-electron chi connectivity index (χ3n) is 3.10. The van der Waals surface area contributed by atoms with Crippen LogP contribution < -0.4 is 5.56 Å². The summed E-state index contributed by atoms with van der Waals surface area (Å²) in [5, 5.41) is 7.40. The standard InChI is InChI=1S/C15H12ClN3O2/c1-19-8-7-11(9-12(19)20)14-17-18-15(21-14)13(16)10-5-3-2-4-6-10/h2-9,13H,1H3. The Morgan fingerprint density at radius 3 is 2.67 bits per heavy atom. The normalized spacial score (nSPS) is 12.3.